The van der Waals surface area contributed by atoms with Crippen molar-refractivity contribution in [2.45, 2.75) is 24.7 Å². The molecule has 0 aliphatic rings. The zero-order valence-corrected chi connectivity index (χ0v) is 16.1. The number of carbonyl (C=O) groups excluding carboxylic acids is 1. The topological polar surface area (TPSA) is 17.1 Å². The smallest absolute Gasteiger partial charge is 0.169 e. The van der Waals surface area contributed by atoms with Gasteiger partial charge in [-0.3, -0.25) is 4.79 Å². The van der Waals surface area contributed by atoms with E-state index in [0.29, 0.717) is 0 Å². The lowest BCUT2D eigenvalue weighted by molar-refractivity contribution is 0.0809. The Morgan fingerprint density at radius 3 is 1.88 bits per heavy atom. The maximum atomic E-state index is 13.3. The van der Waals surface area contributed by atoms with Gasteiger partial charge in [-0.15, -0.1) is 11.8 Å². The van der Waals surface area contributed by atoms with Gasteiger partial charge in [-0.1, -0.05) is 92.7 Å². The SMILES string of the molecule is CC(C)(C(=O)c1ccccc1)[C@@H](CSc1ccccc1)c1ccccc1. The number of hydrogen-bond acceptors (Lipinski definition) is 2. The molecule has 3 aromatic rings. The van der Waals surface area contributed by atoms with Gasteiger partial charge in [0.25, 0.3) is 0 Å². The molecule has 0 spiro atoms. The fourth-order valence-electron chi connectivity index (χ4n) is 3.22. The summed E-state index contributed by atoms with van der Waals surface area (Å²) in [4.78, 5) is 14.5. The van der Waals surface area contributed by atoms with Crippen LogP contribution in [0.4, 0.5) is 0 Å². The lowest BCUT2D eigenvalue weighted by atomic mass is 9.71. The summed E-state index contributed by atoms with van der Waals surface area (Å²) in [6, 6.07) is 30.4. The fraction of sp³-hybridized carbons (Fsp3) is 0.208. The van der Waals surface area contributed by atoms with E-state index in [0.717, 1.165) is 11.3 Å². The minimum Gasteiger partial charge on any atom is -0.294 e. The Hall–Kier alpha value is -2.32. The van der Waals surface area contributed by atoms with Gasteiger partial charge >= 0.3 is 0 Å². The number of hydrogen-bond donors (Lipinski definition) is 0. The molecule has 1 atom stereocenters. The molecule has 0 radical (unpaired) electrons. The highest BCUT2D eigenvalue weighted by Gasteiger charge is 2.38. The first-order chi connectivity index (χ1) is 12.6. The highest BCUT2D eigenvalue weighted by molar-refractivity contribution is 7.99. The first kappa shape index (κ1) is 18.5. The molecule has 2 heteroatoms. The summed E-state index contributed by atoms with van der Waals surface area (Å²) in [5.74, 6) is 1.18. The van der Waals surface area contributed by atoms with Gasteiger partial charge in [-0.2, -0.15) is 0 Å². The van der Waals surface area contributed by atoms with E-state index >= 15 is 0 Å². The highest BCUT2D eigenvalue weighted by atomic mass is 32.2. The van der Waals surface area contributed by atoms with Crippen LogP contribution < -0.4 is 0 Å². The Morgan fingerprint density at radius 1 is 0.808 bits per heavy atom. The van der Waals surface area contributed by atoms with E-state index in [1.54, 1.807) is 0 Å². The Kier molecular flexibility index (Phi) is 5.95. The van der Waals surface area contributed by atoms with Crippen molar-refractivity contribution in [2.24, 2.45) is 5.41 Å². The van der Waals surface area contributed by atoms with Crippen LogP contribution in [0.2, 0.25) is 0 Å². The van der Waals surface area contributed by atoms with Crippen LogP contribution >= 0.6 is 11.8 Å². The average molecular weight is 361 g/mol. The number of benzene rings is 3. The Morgan fingerprint density at radius 2 is 1.31 bits per heavy atom. The molecule has 0 fully saturated rings. The third-order valence-corrected chi connectivity index (χ3v) is 5.96. The summed E-state index contributed by atoms with van der Waals surface area (Å²) in [6.07, 6.45) is 0. The normalized spacial score (nSPS) is 12.5. The van der Waals surface area contributed by atoms with Crippen molar-refractivity contribution in [2.75, 3.05) is 5.75 Å². The number of carbonyl (C=O) groups is 1. The predicted molar refractivity (Wildman–Crippen MR) is 111 cm³/mol. The zero-order valence-electron chi connectivity index (χ0n) is 15.3. The molecule has 0 N–H and O–H groups in total. The molecule has 0 aliphatic carbocycles. The van der Waals surface area contributed by atoms with Crippen LogP contribution in [-0.4, -0.2) is 11.5 Å². The predicted octanol–water partition coefficient (Wildman–Crippen LogP) is 6.47. The first-order valence-electron chi connectivity index (χ1n) is 8.91. The summed E-state index contributed by atoms with van der Waals surface area (Å²) >= 11 is 1.81. The molecular formula is C24H24OS. The number of ketones is 1. The Labute approximate surface area is 160 Å². The molecule has 3 rings (SSSR count). The summed E-state index contributed by atoms with van der Waals surface area (Å²) in [6.45, 7) is 4.15. The van der Waals surface area contributed by atoms with Crippen LogP contribution in [0.3, 0.4) is 0 Å². The first-order valence-corrected chi connectivity index (χ1v) is 9.90. The molecular weight excluding hydrogens is 336 g/mol. The molecule has 1 nitrogen and oxygen atoms in total. The van der Waals surface area contributed by atoms with Gasteiger partial charge in [-0.25, -0.2) is 0 Å². The third-order valence-electron chi connectivity index (χ3n) is 4.85. The van der Waals surface area contributed by atoms with Crippen LogP contribution in [0.5, 0.6) is 0 Å². The van der Waals surface area contributed by atoms with Gasteiger partial charge in [0.1, 0.15) is 0 Å². The summed E-state index contributed by atoms with van der Waals surface area (Å²) in [5.41, 5.74) is 1.50. The highest BCUT2D eigenvalue weighted by Crippen LogP contribution is 2.41. The van der Waals surface area contributed by atoms with Gasteiger partial charge in [0.15, 0.2) is 5.78 Å². The summed E-state index contributed by atoms with van der Waals surface area (Å²) in [7, 11) is 0. The standard InChI is InChI=1S/C24H24OS/c1-24(2,23(25)20-14-8-4-9-15-20)22(19-12-6-3-7-13-19)18-26-21-16-10-5-11-17-21/h3-17,22H,18H2,1-2H3/t22-/m0/s1. The van der Waals surface area contributed by atoms with Gasteiger partial charge in [0.05, 0.1) is 0 Å². The van der Waals surface area contributed by atoms with Crippen molar-refractivity contribution in [3.8, 4) is 0 Å². The molecule has 0 saturated carbocycles. The molecule has 0 unspecified atom stereocenters. The molecule has 0 saturated heterocycles. The average Bonchev–Trinajstić information content (AvgIpc) is 2.69. The van der Waals surface area contributed by atoms with E-state index in [1.165, 1.54) is 10.5 Å². The minimum atomic E-state index is -0.496. The Bertz CT molecular complexity index is 826. The zero-order chi connectivity index (χ0) is 18.4. The van der Waals surface area contributed by atoms with Crippen LogP contribution in [0.25, 0.3) is 0 Å². The molecule has 26 heavy (non-hydrogen) atoms. The lowest BCUT2D eigenvalue weighted by Crippen LogP contribution is -2.33. The molecule has 3 aromatic carbocycles. The van der Waals surface area contributed by atoms with E-state index in [-0.39, 0.29) is 11.7 Å². The molecule has 0 aromatic heterocycles. The van der Waals surface area contributed by atoms with Gasteiger partial charge in [-0.05, 0) is 17.7 Å². The van der Waals surface area contributed by atoms with E-state index in [9.17, 15) is 4.79 Å². The van der Waals surface area contributed by atoms with Crippen molar-refractivity contribution < 1.29 is 4.79 Å². The second-order valence-electron chi connectivity index (χ2n) is 7.00. The van der Waals surface area contributed by atoms with Crippen molar-refractivity contribution in [1.29, 1.82) is 0 Å². The quantitative estimate of drug-likeness (QED) is 0.355. The maximum Gasteiger partial charge on any atom is 0.169 e. The molecule has 0 aliphatic heterocycles. The van der Waals surface area contributed by atoms with Crippen LogP contribution in [0.1, 0.15) is 35.7 Å². The number of rotatable bonds is 7. The molecule has 0 heterocycles. The monoisotopic (exact) mass is 360 g/mol. The van der Waals surface area contributed by atoms with Crippen molar-refractivity contribution in [3.63, 3.8) is 0 Å². The summed E-state index contributed by atoms with van der Waals surface area (Å²) < 4.78 is 0. The summed E-state index contributed by atoms with van der Waals surface area (Å²) in [5, 5.41) is 0. The lowest BCUT2D eigenvalue weighted by Gasteiger charge is -2.33. The number of thioether (sulfide) groups is 1. The molecule has 0 bridgehead atoms. The second kappa shape index (κ2) is 8.37. The second-order valence-corrected chi connectivity index (χ2v) is 8.10. The van der Waals surface area contributed by atoms with E-state index < -0.39 is 5.41 Å². The van der Waals surface area contributed by atoms with E-state index in [2.05, 4.69) is 62.4 Å². The minimum absolute atomic E-state index is 0.126. The van der Waals surface area contributed by atoms with Gasteiger partial charge in [0, 0.05) is 27.5 Å². The van der Waals surface area contributed by atoms with Crippen LogP contribution in [0, 0.1) is 5.41 Å². The Balaban J connectivity index is 1.90. The molecule has 0 amide bonds. The molecule has 132 valence electrons. The van der Waals surface area contributed by atoms with E-state index in [4.69, 9.17) is 0 Å². The maximum absolute atomic E-state index is 13.3. The van der Waals surface area contributed by atoms with Crippen LogP contribution in [-0.2, 0) is 0 Å². The fourth-order valence-corrected chi connectivity index (χ4v) is 4.54. The third kappa shape index (κ3) is 4.25. The van der Waals surface area contributed by atoms with Gasteiger partial charge < -0.3 is 0 Å². The van der Waals surface area contributed by atoms with Crippen molar-refractivity contribution in [3.05, 3.63) is 102 Å². The largest absolute Gasteiger partial charge is 0.294 e. The van der Waals surface area contributed by atoms with Crippen molar-refractivity contribution >= 4 is 17.5 Å². The number of Topliss-reactive ketones (excluding diaryl/α,β-unsaturated/α-hetero) is 1. The van der Waals surface area contributed by atoms with Crippen LogP contribution in [0.15, 0.2) is 95.9 Å². The van der Waals surface area contributed by atoms with Gasteiger partial charge in [0.2, 0.25) is 0 Å². The van der Waals surface area contributed by atoms with Crippen molar-refractivity contribution in [1.82, 2.24) is 0 Å². The van der Waals surface area contributed by atoms with E-state index in [1.807, 2.05) is 54.2 Å².